The van der Waals surface area contributed by atoms with Gasteiger partial charge in [-0.15, -0.1) is 0 Å². The number of nitrogens with one attached hydrogen (secondary N) is 1. The maximum absolute atomic E-state index is 12.8. The number of carbonyl (C=O) groups excluding carboxylic acids is 2. The molecular weight excluding hydrogens is 468 g/mol. The predicted molar refractivity (Wildman–Crippen MR) is 131 cm³/mol. The van der Waals surface area contributed by atoms with E-state index in [1.807, 2.05) is 0 Å². The van der Waals surface area contributed by atoms with E-state index in [9.17, 15) is 14.7 Å². The van der Waals surface area contributed by atoms with Crippen molar-refractivity contribution in [2.75, 3.05) is 28.4 Å². The van der Waals surface area contributed by atoms with Crippen molar-refractivity contribution in [2.45, 2.75) is 6.10 Å². The van der Waals surface area contributed by atoms with Crippen LogP contribution in [-0.2, 0) is 4.79 Å². The van der Waals surface area contributed by atoms with E-state index in [2.05, 4.69) is 10.5 Å². The SMILES string of the molecule is COc1cc(C=NNC(=O)[C@H](O)c2ccccc2)ccc1OC(=O)c1cc(OC)c(OC)c(OC)c1. The molecule has 0 spiro atoms. The summed E-state index contributed by atoms with van der Waals surface area (Å²) in [6.45, 7) is 0. The van der Waals surface area contributed by atoms with Crippen LogP contribution in [0.4, 0.5) is 0 Å². The van der Waals surface area contributed by atoms with Gasteiger partial charge in [0.2, 0.25) is 5.75 Å². The zero-order valence-electron chi connectivity index (χ0n) is 20.2. The first kappa shape index (κ1) is 26.0. The van der Waals surface area contributed by atoms with Gasteiger partial charge in [-0.3, -0.25) is 4.79 Å². The Hall–Kier alpha value is -4.57. The Labute approximate surface area is 208 Å². The minimum atomic E-state index is -1.35. The normalized spacial score (nSPS) is 11.5. The third-order valence-electron chi connectivity index (χ3n) is 5.04. The number of hydrogen-bond donors (Lipinski definition) is 2. The van der Waals surface area contributed by atoms with Crippen LogP contribution in [0, 0.1) is 0 Å². The first-order valence-corrected chi connectivity index (χ1v) is 10.7. The monoisotopic (exact) mass is 494 g/mol. The molecular formula is C26H26N2O8. The third kappa shape index (κ3) is 6.10. The van der Waals surface area contributed by atoms with Crippen LogP contribution in [0.5, 0.6) is 28.7 Å². The quantitative estimate of drug-likeness (QED) is 0.191. The van der Waals surface area contributed by atoms with Crippen molar-refractivity contribution in [3.63, 3.8) is 0 Å². The van der Waals surface area contributed by atoms with Gasteiger partial charge in [0.1, 0.15) is 0 Å². The number of amides is 1. The van der Waals surface area contributed by atoms with Gasteiger partial charge in [0.05, 0.1) is 40.2 Å². The fourth-order valence-corrected chi connectivity index (χ4v) is 3.22. The predicted octanol–water partition coefficient (Wildman–Crippen LogP) is 3.12. The van der Waals surface area contributed by atoms with Gasteiger partial charge in [0, 0.05) is 0 Å². The fraction of sp³-hybridized carbons (Fsp3) is 0.192. The minimum absolute atomic E-state index is 0.164. The van der Waals surface area contributed by atoms with Crippen LogP contribution in [-0.4, -0.2) is 51.6 Å². The maximum atomic E-state index is 12.8. The lowest BCUT2D eigenvalue weighted by Crippen LogP contribution is -2.25. The van der Waals surface area contributed by atoms with Crippen molar-refractivity contribution in [2.24, 2.45) is 5.10 Å². The fourth-order valence-electron chi connectivity index (χ4n) is 3.22. The maximum Gasteiger partial charge on any atom is 0.343 e. The summed E-state index contributed by atoms with van der Waals surface area (Å²) in [5, 5.41) is 14.0. The second-order valence-corrected chi connectivity index (χ2v) is 7.26. The Kier molecular flexibility index (Phi) is 8.84. The van der Waals surface area contributed by atoms with Crippen molar-refractivity contribution in [1.29, 1.82) is 0 Å². The number of rotatable bonds is 10. The molecule has 0 unspecified atom stereocenters. The number of benzene rings is 3. The van der Waals surface area contributed by atoms with Crippen LogP contribution < -0.4 is 29.1 Å². The summed E-state index contributed by atoms with van der Waals surface area (Å²) in [5.41, 5.74) is 3.46. The van der Waals surface area contributed by atoms with Crippen LogP contribution in [0.3, 0.4) is 0 Å². The molecule has 0 aromatic heterocycles. The lowest BCUT2D eigenvalue weighted by atomic mass is 10.1. The molecule has 3 aromatic carbocycles. The van der Waals surface area contributed by atoms with Gasteiger partial charge in [-0.2, -0.15) is 5.10 Å². The number of hydrogen-bond acceptors (Lipinski definition) is 9. The highest BCUT2D eigenvalue weighted by atomic mass is 16.6. The molecule has 0 fully saturated rings. The van der Waals surface area contributed by atoms with E-state index in [-0.39, 0.29) is 17.1 Å². The van der Waals surface area contributed by atoms with Crippen LogP contribution in [0.1, 0.15) is 27.6 Å². The zero-order valence-corrected chi connectivity index (χ0v) is 20.2. The lowest BCUT2D eigenvalue weighted by Gasteiger charge is -2.14. The number of esters is 1. The molecule has 3 rings (SSSR count). The molecule has 0 saturated carbocycles. The van der Waals surface area contributed by atoms with Gasteiger partial charge in [-0.05, 0) is 41.5 Å². The van der Waals surface area contributed by atoms with Crippen LogP contribution >= 0.6 is 0 Å². The number of aliphatic hydroxyl groups excluding tert-OH is 1. The zero-order chi connectivity index (χ0) is 26.1. The molecule has 0 aliphatic rings. The molecule has 10 nitrogen and oxygen atoms in total. The summed E-state index contributed by atoms with van der Waals surface area (Å²) in [4.78, 5) is 24.9. The van der Waals surface area contributed by atoms with E-state index >= 15 is 0 Å². The third-order valence-corrected chi connectivity index (χ3v) is 5.04. The molecule has 0 bridgehead atoms. The number of methoxy groups -OCH3 is 4. The van der Waals surface area contributed by atoms with Crippen molar-refractivity contribution in [3.8, 4) is 28.7 Å². The molecule has 2 N–H and O–H groups in total. The number of hydrazone groups is 1. The molecule has 36 heavy (non-hydrogen) atoms. The summed E-state index contributed by atoms with van der Waals surface area (Å²) >= 11 is 0. The molecule has 0 aliphatic heterocycles. The van der Waals surface area contributed by atoms with Gasteiger partial charge in [0.25, 0.3) is 5.91 Å². The van der Waals surface area contributed by atoms with E-state index in [4.69, 9.17) is 23.7 Å². The molecule has 0 radical (unpaired) electrons. The number of carbonyl (C=O) groups is 2. The van der Waals surface area contributed by atoms with E-state index in [1.54, 1.807) is 42.5 Å². The van der Waals surface area contributed by atoms with Crippen molar-refractivity contribution in [1.82, 2.24) is 5.43 Å². The van der Waals surface area contributed by atoms with Gasteiger partial charge in [-0.1, -0.05) is 30.3 Å². The molecule has 0 aliphatic carbocycles. The highest BCUT2D eigenvalue weighted by Crippen LogP contribution is 2.38. The summed E-state index contributed by atoms with van der Waals surface area (Å²) in [6, 6.07) is 16.2. The Balaban J connectivity index is 1.71. The highest BCUT2D eigenvalue weighted by Gasteiger charge is 2.20. The average molecular weight is 495 g/mol. The number of aliphatic hydroxyl groups is 1. The highest BCUT2D eigenvalue weighted by molar-refractivity contribution is 5.93. The van der Waals surface area contributed by atoms with E-state index in [1.165, 1.54) is 52.9 Å². The van der Waals surface area contributed by atoms with Crippen LogP contribution in [0.25, 0.3) is 0 Å². The second kappa shape index (κ2) is 12.2. The van der Waals surface area contributed by atoms with Crippen molar-refractivity contribution in [3.05, 3.63) is 77.4 Å². The topological polar surface area (TPSA) is 125 Å². The average Bonchev–Trinajstić information content (AvgIpc) is 2.92. The molecule has 1 amide bonds. The van der Waals surface area contributed by atoms with E-state index in [0.717, 1.165) is 0 Å². The van der Waals surface area contributed by atoms with Crippen molar-refractivity contribution >= 4 is 18.1 Å². The Morgan fingerprint density at radius 3 is 2.06 bits per heavy atom. The Morgan fingerprint density at radius 1 is 0.833 bits per heavy atom. The summed E-state index contributed by atoms with van der Waals surface area (Å²) in [5.74, 6) is 0.0356. The van der Waals surface area contributed by atoms with Gasteiger partial charge in [-0.25, -0.2) is 10.2 Å². The molecule has 1 atom stereocenters. The van der Waals surface area contributed by atoms with Crippen LogP contribution in [0.2, 0.25) is 0 Å². The molecule has 0 saturated heterocycles. The largest absolute Gasteiger partial charge is 0.493 e. The van der Waals surface area contributed by atoms with Crippen molar-refractivity contribution < 1.29 is 38.4 Å². The lowest BCUT2D eigenvalue weighted by molar-refractivity contribution is -0.129. The smallest absolute Gasteiger partial charge is 0.343 e. The number of nitrogens with zero attached hydrogens (tertiary/aromatic N) is 1. The van der Waals surface area contributed by atoms with E-state index < -0.39 is 18.0 Å². The van der Waals surface area contributed by atoms with E-state index in [0.29, 0.717) is 28.4 Å². The number of ether oxygens (including phenoxy) is 5. The first-order valence-electron chi connectivity index (χ1n) is 10.7. The van der Waals surface area contributed by atoms with Crippen LogP contribution in [0.15, 0.2) is 65.8 Å². The standard InChI is InChI=1S/C26H26N2O8/c1-32-20-12-16(15-27-28-25(30)23(29)17-8-6-5-7-9-17)10-11-19(20)36-26(31)18-13-21(33-2)24(35-4)22(14-18)34-3/h5-15,23,29H,1-4H3,(H,28,30)/t23-/m1/s1. The Bertz CT molecular complexity index is 1220. The second-order valence-electron chi connectivity index (χ2n) is 7.26. The molecule has 3 aromatic rings. The van der Waals surface area contributed by atoms with Gasteiger partial charge >= 0.3 is 5.97 Å². The van der Waals surface area contributed by atoms with Gasteiger partial charge < -0.3 is 28.8 Å². The molecule has 10 heteroatoms. The Morgan fingerprint density at radius 2 is 1.47 bits per heavy atom. The molecule has 0 heterocycles. The first-order chi connectivity index (χ1) is 17.4. The summed E-state index contributed by atoms with van der Waals surface area (Å²) < 4.78 is 26.7. The van der Waals surface area contributed by atoms with Gasteiger partial charge in [0.15, 0.2) is 29.1 Å². The molecule has 188 valence electrons. The summed E-state index contributed by atoms with van der Waals surface area (Å²) in [6.07, 6.45) is 0.0121. The summed E-state index contributed by atoms with van der Waals surface area (Å²) in [7, 11) is 5.77. The minimum Gasteiger partial charge on any atom is -0.493 e.